The summed E-state index contributed by atoms with van der Waals surface area (Å²) in [5, 5.41) is 0. The van der Waals surface area contributed by atoms with Crippen LogP contribution in [0.4, 0.5) is 0 Å². The molecule has 0 bridgehead atoms. The maximum Gasteiger partial charge on any atom is 0.150 e. The van der Waals surface area contributed by atoms with E-state index in [1.165, 1.54) is 51.4 Å². The van der Waals surface area contributed by atoms with Crippen molar-refractivity contribution in [2.24, 2.45) is 11.8 Å². The summed E-state index contributed by atoms with van der Waals surface area (Å²) < 4.78 is 24.5. The molecule has 0 fully saturated rings. The minimum absolute atomic E-state index is 0.319. The van der Waals surface area contributed by atoms with Crippen molar-refractivity contribution in [2.45, 2.75) is 91.9 Å². The Morgan fingerprint density at radius 1 is 0.667 bits per heavy atom. The molecule has 0 rings (SSSR count). The van der Waals surface area contributed by atoms with Crippen LogP contribution in [0.2, 0.25) is 0 Å². The van der Waals surface area contributed by atoms with E-state index in [0.29, 0.717) is 23.3 Å². The fourth-order valence-electron chi connectivity index (χ4n) is 2.94. The third-order valence-electron chi connectivity index (χ3n) is 4.18. The molecule has 0 spiro atoms. The normalized spacial score (nSPS) is 15.0. The fraction of sp³-hybridized carbons (Fsp3) is 1.00. The molecule has 0 saturated carbocycles. The Hall–Kier alpha value is -0.0500. The molecular formula is C18H38O2S. The molecule has 2 atom stereocenters. The number of hydrogen-bond donors (Lipinski definition) is 0. The van der Waals surface area contributed by atoms with Crippen LogP contribution < -0.4 is 0 Å². The second-order valence-electron chi connectivity index (χ2n) is 6.99. The Kier molecular flexibility index (Phi) is 12.5. The zero-order valence-electron chi connectivity index (χ0n) is 14.9. The molecule has 0 aromatic rings. The van der Waals surface area contributed by atoms with Crippen LogP contribution in [0.1, 0.15) is 91.9 Å². The summed E-state index contributed by atoms with van der Waals surface area (Å²) in [5.74, 6) is 1.41. The van der Waals surface area contributed by atoms with Gasteiger partial charge in [-0.2, -0.15) is 0 Å². The zero-order valence-corrected chi connectivity index (χ0v) is 15.7. The Morgan fingerprint density at radius 3 is 1.38 bits per heavy atom. The lowest BCUT2D eigenvalue weighted by Crippen LogP contribution is -2.21. The van der Waals surface area contributed by atoms with Crippen LogP contribution in [0.5, 0.6) is 0 Å². The highest BCUT2D eigenvalue weighted by molar-refractivity contribution is 7.91. The van der Waals surface area contributed by atoms with Gasteiger partial charge in [0.1, 0.15) is 0 Å². The minimum atomic E-state index is -2.87. The number of unbranched alkanes of at least 4 members (excludes halogenated alkanes) is 6. The van der Waals surface area contributed by atoms with Gasteiger partial charge in [0.25, 0.3) is 0 Å². The average molecular weight is 319 g/mol. The van der Waals surface area contributed by atoms with E-state index in [-0.39, 0.29) is 0 Å². The monoisotopic (exact) mass is 318 g/mol. The maximum absolute atomic E-state index is 12.2. The van der Waals surface area contributed by atoms with Crippen LogP contribution in [-0.4, -0.2) is 19.9 Å². The summed E-state index contributed by atoms with van der Waals surface area (Å²) in [6, 6.07) is 0. The number of rotatable bonds is 14. The predicted octanol–water partition coefficient (Wildman–Crippen LogP) is 5.61. The van der Waals surface area contributed by atoms with Crippen molar-refractivity contribution in [2.75, 3.05) is 11.5 Å². The molecular weight excluding hydrogens is 280 g/mol. The van der Waals surface area contributed by atoms with Gasteiger partial charge in [0.05, 0.1) is 11.5 Å². The highest BCUT2D eigenvalue weighted by Gasteiger charge is 2.19. The molecule has 0 saturated heterocycles. The van der Waals surface area contributed by atoms with E-state index in [4.69, 9.17) is 0 Å². The number of sulfone groups is 1. The van der Waals surface area contributed by atoms with Crippen LogP contribution in [0.15, 0.2) is 0 Å². The molecule has 0 aromatic carbocycles. The molecule has 128 valence electrons. The zero-order chi connectivity index (χ0) is 16.1. The first-order valence-electron chi connectivity index (χ1n) is 9.11. The van der Waals surface area contributed by atoms with Crippen LogP contribution in [0, 0.1) is 11.8 Å². The average Bonchev–Trinajstić information content (AvgIpc) is 2.38. The summed E-state index contributed by atoms with van der Waals surface area (Å²) in [7, 11) is -2.87. The Balaban J connectivity index is 3.89. The van der Waals surface area contributed by atoms with Gasteiger partial charge in [0, 0.05) is 0 Å². The Bertz CT molecular complexity index is 296. The van der Waals surface area contributed by atoms with Crippen molar-refractivity contribution >= 4 is 9.84 Å². The van der Waals surface area contributed by atoms with E-state index in [9.17, 15) is 8.42 Å². The second-order valence-corrected chi connectivity index (χ2v) is 9.14. The summed E-state index contributed by atoms with van der Waals surface area (Å²) in [6.45, 7) is 8.59. The first kappa shape index (κ1) is 20.9. The Morgan fingerprint density at radius 2 is 1.05 bits per heavy atom. The van der Waals surface area contributed by atoms with Crippen molar-refractivity contribution in [3.8, 4) is 0 Å². The van der Waals surface area contributed by atoms with E-state index in [2.05, 4.69) is 27.7 Å². The first-order chi connectivity index (χ1) is 9.91. The fourth-order valence-corrected chi connectivity index (χ4v) is 5.14. The lowest BCUT2D eigenvalue weighted by atomic mass is 10.0. The molecule has 0 N–H and O–H groups in total. The number of hydrogen-bond acceptors (Lipinski definition) is 2. The summed E-state index contributed by atoms with van der Waals surface area (Å²) >= 11 is 0. The second kappa shape index (κ2) is 12.5. The van der Waals surface area contributed by atoms with Crippen molar-refractivity contribution < 1.29 is 8.42 Å². The van der Waals surface area contributed by atoms with Crippen LogP contribution >= 0.6 is 0 Å². The molecule has 0 aliphatic carbocycles. The van der Waals surface area contributed by atoms with Gasteiger partial charge in [-0.1, -0.05) is 79.1 Å². The lowest BCUT2D eigenvalue weighted by molar-refractivity contribution is 0.495. The van der Waals surface area contributed by atoms with E-state index >= 15 is 0 Å². The molecule has 0 amide bonds. The molecule has 0 aromatic heterocycles. The maximum atomic E-state index is 12.2. The van der Waals surface area contributed by atoms with Gasteiger partial charge in [-0.05, 0) is 24.7 Å². The standard InChI is InChI=1S/C18H38O2S/c1-5-7-9-11-13-17(3)15-21(19,20)16-18(4)14-12-10-8-6-2/h17-18H,5-16H2,1-4H3. The van der Waals surface area contributed by atoms with Crippen LogP contribution in [0.3, 0.4) is 0 Å². The highest BCUT2D eigenvalue weighted by Crippen LogP contribution is 2.17. The van der Waals surface area contributed by atoms with Gasteiger partial charge >= 0.3 is 0 Å². The topological polar surface area (TPSA) is 34.1 Å². The van der Waals surface area contributed by atoms with E-state index in [1.54, 1.807) is 0 Å². The molecule has 2 nitrogen and oxygen atoms in total. The van der Waals surface area contributed by atoms with Gasteiger partial charge < -0.3 is 0 Å². The van der Waals surface area contributed by atoms with Gasteiger partial charge in [0.15, 0.2) is 9.84 Å². The quantitative estimate of drug-likeness (QED) is 0.390. The van der Waals surface area contributed by atoms with Crippen molar-refractivity contribution in [1.82, 2.24) is 0 Å². The summed E-state index contributed by atoms with van der Waals surface area (Å²) in [5.41, 5.74) is 0. The minimum Gasteiger partial charge on any atom is -0.229 e. The largest absolute Gasteiger partial charge is 0.229 e. The van der Waals surface area contributed by atoms with Gasteiger partial charge in [-0.3, -0.25) is 0 Å². The third-order valence-corrected chi connectivity index (χ3v) is 6.33. The van der Waals surface area contributed by atoms with Gasteiger partial charge in [-0.15, -0.1) is 0 Å². The van der Waals surface area contributed by atoms with Gasteiger partial charge in [-0.25, -0.2) is 8.42 Å². The highest BCUT2D eigenvalue weighted by atomic mass is 32.2. The van der Waals surface area contributed by atoms with Crippen LogP contribution in [-0.2, 0) is 9.84 Å². The molecule has 0 heterocycles. The molecule has 0 aliphatic heterocycles. The molecule has 3 heteroatoms. The van der Waals surface area contributed by atoms with Crippen LogP contribution in [0.25, 0.3) is 0 Å². The van der Waals surface area contributed by atoms with E-state index in [1.807, 2.05) is 0 Å². The lowest BCUT2D eigenvalue weighted by Gasteiger charge is -2.15. The van der Waals surface area contributed by atoms with Crippen molar-refractivity contribution in [1.29, 1.82) is 0 Å². The van der Waals surface area contributed by atoms with Crippen molar-refractivity contribution in [3.05, 3.63) is 0 Å². The summed E-state index contributed by atoms with van der Waals surface area (Å²) in [4.78, 5) is 0. The molecule has 0 aliphatic rings. The van der Waals surface area contributed by atoms with E-state index in [0.717, 1.165) is 12.8 Å². The molecule has 21 heavy (non-hydrogen) atoms. The van der Waals surface area contributed by atoms with Gasteiger partial charge in [0.2, 0.25) is 0 Å². The molecule has 2 unspecified atom stereocenters. The van der Waals surface area contributed by atoms with E-state index < -0.39 is 9.84 Å². The smallest absolute Gasteiger partial charge is 0.150 e. The molecule has 0 radical (unpaired) electrons. The Labute approximate surface area is 134 Å². The SMILES string of the molecule is CCCCCCC(C)CS(=O)(=O)CC(C)CCCCCC. The predicted molar refractivity (Wildman–Crippen MR) is 94.5 cm³/mol. The van der Waals surface area contributed by atoms with Crippen molar-refractivity contribution in [3.63, 3.8) is 0 Å². The first-order valence-corrected chi connectivity index (χ1v) is 10.9. The summed E-state index contributed by atoms with van der Waals surface area (Å²) in [6.07, 6.45) is 12.0. The third kappa shape index (κ3) is 13.3.